The molecule has 0 saturated heterocycles. The number of phosphoric ester groups is 1. The SMILES string of the molecule is CCCCC/C=C\C/C=C\C/C=C\C/C=C\CCCCCCCCCCCC(=O)NC(COP(=O)([O-])OCC[N+](C)(C)C)C(/C=C/CCCCCCCCCCCC)OC(=O)CCCCCCCCCCCCCCCCCCCCCCCCCCC. The van der Waals surface area contributed by atoms with Gasteiger partial charge >= 0.3 is 5.97 Å². The number of unbranched alkanes of at least 4 members (excludes halogenated alkanes) is 46. The fourth-order valence-corrected chi connectivity index (χ4v) is 12.1. The first-order valence-electron chi connectivity index (χ1n) is 38.1. The Bertz CT molecular complexity index is 1690. The molecule has 0 aromatic carbocycles. The van der Waals surface area contributed by atoms with Crippen molar-refractivity contribution in [1.29, 1.82) is 0 Å². The molecule has 0 aromatic rings. The molecule has 516 valence electrons. The molecule has 0 aromatic heterocycles. The number of carbonyl (C=O) groups excluding carboxylic acids is 2. The zero-order chi connectivity index (χ0) is 64.2. The van der Waals surface area contributed by atoms with Gasteiger partial charge in [0.05, 0.1) is 33.8 Å². The number of esters is 1. The molecule has 3 unspecified atom stereocenters. The zero-order valence-corrected chi connectivity index (χ0v) is 60.1. The number of ether oxygens (including phenoxy) is 1. The van der Waals surface area contributed by atoms with Gasteiger partial charge in [0.25, 0.3) is 7.82 Å². The molecule has 0 saturated carbocycles. The Morgan fingerprint density at radius 3 is 1.06 bits per heavy atom. The molecule has 0 aliphatic heterocycles. The quantitative estimate of drug-likeness (QED) is 0.0212. The van der Waals surface area contributed by atoms with E-state index >= 15 is 0 Å². The largest absolute Gasteiger partial charge is 0.756 e. The number of nitrogens with zero attached hydrogens (tertiary/aromatic N) is 1. The lowest BCUT2D eigenvalue weighted by Gasteiger charge is -2.30. The van der Waals surface area contributed by atoms with Gasteiger partial charge in [0.2, 0.25) is 5.91 Å². The van der Waals surface area contributed by atoms with E-state index < -0.39 is 20.0 Å². The van der Waals surface area contributed by atoms with Crippen molar-refractivity contribution in [2.24, 2.45) is 0 Å². The van der Waals surface area contributed by atoms with Crippen LogP contribution in [0.15, 0.2) is 60.8 Å². The van der Waals surface area contributed by atoms with Gasteiger partial charge in [-0.1, -0.05) is 345 Å². The number of likely N-dealkylation sites (N-methyl/N-ethyl adjacent to an activating group) is 1. The summed E-state index contributed by atoms with van der Waals surface area (Å²) in [6.45, 7) is 6.87. The van der Waals surface area contributed by atoms with E-state index in [1.807, 2.05) is 33.3 Å². The van der Waals surface area contributed by atoms with E-state index in [0.29, 0.717) is 17.4 Å². The molecule has 0 spiro atoms. The van der Waals surface area contributed by atoms with Crippen LogP contribution in [-0.2, 0) is 27.9 Å². The Labute approximate surface area is 547 Å². The number of nitrogens with one attached hydrogen (secondary N) is 1. The summed E-state index contributed by atoms with van der Waals surface area (Å²) in [6.07, 6.45) is 87.8. The van der Waals surface area contributed by atoms with Crippen molar-refractivity contribution in [2.75, 3.05) is 40.9 Å². The lowest BCUT2D eigenvalue weighted by atomic mass is 10.0. The minimum atomic E-state index is -4.71. The highest BCUT2D eigenvalue weighted by Crippen LogP contribution is 2.38. The molecule has 0 heterocycles. The fraction of sp³-hybridized carbons (Fsp3) is 0.846. The first kappa shape index (κ1) is 85.7. The van der Waals surface area contributed by atoms with Crippen LogP contribution < -0.4 is 10.2 Å². The fourth-order valence-electron chi connectivity index (χ4n) is 11.3. The summed E-state index contributed by atoms with van der Waals surface area (Å²) in [7, 11) is 1.19. The minimum absolute atomic E-state index is 0.0230. The molecule has 0 fully saturated rings. The van der Waals surface area contributed by atoms with Gasteiger partial charge in [-0.2, -0.15) is 0 Å². The molecular formula is C78H147N2O7P. The Morgan fingerprint density at radius 2 is 0.693 bits per heavy atom. The highest BCUT2D eigenvalue weighted by molar-refractivity contribution is 7.45. The maximum Gasteiger partial charge on any atom is 0.306 e. The lowest BCUT2D eigenvalue weighted by Crippen LogP contribution is -2.47. The summed E-state index contributed by atoms with van der Waals surface area (Å²) in [6, 6.07) is -0.892. The summed E-state index contributed by atoms with van der Waals surface area (Å²) < 4.78 is 30.5. The molecule has 1 amide bonds. The average molecular weight is 1260 g/mol. The van der Waals surface area contributed by atoms with Crippen molar-refractivity contribution >= 4 is 19.7 Å². The molecule has 0 aliphatic rings. The smallest absolute Gasteiger partial charge is 0.306 e. The third-order valence-corrected chi connectivity index (χ3v) is 18.2. The number of amides is 1. The van der Waals surface area contributed by atoms with Crippen LogP contribution in [0.5, 0.6) is 0 Å². The molecule has 0 rings (SSSR count). The van der Waals surface area contributed by atoms with E-state index in [-0.39, 0.29) is 31.5 Å². The van der Waals surface area contributed by atoms with Crippen molar-refractivity contribution < 1.29 is 37.3 Å². The van der Waals surface area contributed by atoms with E-state index in [2.05, 4.69) is 74.7 Å². The topological polar surface area (TPSA) is 114 Å². The molecule has 0 bridgehead atoms. The van der Waals surface area contributed by atoms with E-state index in [1.165, 1.54) is 250 Å². The number of phosphoric acid groups is 1. The highest BCUT2D eigenvalue weighted by atomic mass is 31.2. The average Bonchev–Trinajstić information content (AvgIpc) is 3.71. The lowest BCUT2D eigenvalue weighted by molar-refractivity contribution is -0.870. The third-order valence-electron chi connectivity index (χ3n) is 17.2. The van der Waals surface area contributed by atoms with Crippen LogP contribution in [0.2, 0.25) is 0 Å². The van der Waals surface area contributed by atoms with Crippen molar-refractivity contribution in [3.8, 4) is 0 Å². The normalized spacial score (nSPS) is 13.8. The van der Waals surface area contributed by atoms with Gasteiger partial charge in [-0.3, -0.25) is 14.2 Å². The third kappa shape index (κ3) is 68.1. The van der Waals surface area contributed by atoms with Crippen molar-refractivity contribution in [3.05, 3.63) is 60.8 Å². The second-order valence-electron chi connectivity index (χ2n) is 27.2. The Kier molecular flexibility index (Phi) is 65.8. The number of allylic oxidation sites excluding steroid dienone is 9. The molecule has 9 nitrogen and oxygen atoms in total. The number of hydrogen-bond acceptors (Lipinski definition) is 7. The van der Waals surface area contributed by atoms with Crippen LogP contribution in [0.1, 0.15) is 374 Å². The maximum absolute atomic E-state index is 13.6. The van der Waals surface area contributed by atoms with Gasteiger partial charge in [0.15, 0.2) is 0 Å². The zero-order valence-electron chi connectivity index (χ0n) is 59.2. The van der Waals surface area contributed by atoms with Gasteiger partial charge in [0, 0.05) is 12.8 Å². The van der Waals surface area contributed by atoms with E-state index in [9.17, 15) is 19.0 Å². The summed E-state index contributed by atoms with van der Waals surface area (Å²) in [5.74, 6) is -0.531. The van der Waals surface area contributed by atoms with Crippen LogP contribution in [0.4, 0.5) is 0 Å². The maximum atomic E-state index is 13.6. The molecule has 10 heteroatoms. The first-order valence-corrected chi connectivity index (χ1v) is 39.6. The summed E-state index contributed by atoms with van der Waals surface area (Å²) in [5.41, 5.74) is 0. The van der Waals surface area contributed by atoms with Gasteiger partial charge < -0.3 is 28.5 Å². The second kappa shape index (κ2) is 67.6. The summed E-state index contributed by atoms with van der Waals surface area (Å²) in [4.78, 5) is 40.3. The Balaban J connectivity index is 4.98. The summed E-state index contributed by atoms with van der Waals surface area (Å²) in [5, 5.41) is 3.05. The summed E-state index contributed by atoms with van der Waals surface area (Å²) >= 11 is 0. The molecule has 1 N–H and O–H groups in total. The second-order valence-corrected chi connectivity index (χ2v) is 28.6. The standard InChI is InChI=1S/C78H147N2O7P/c1-7-10-13-16-19-22-25-28-30-32-34-36-38-40-42-44-46-48-50-52-55-58-61-64-67-70-77(81)79-75(74-86-88(83,84)85-73-72-80(4,5)6)76(69-66-63-60-57-54-27-24-21-18-15-12-9-3)87-78(82)71-68-65-62-59-56-53-51-49-47-45-43-41-39-37-35-33-31-29-26-23-20-17-14-11-8-2/h19,22,28,30,34,36,40,42,66,69,75-76H,7-18,20-21,23-27,29,31-33,35,37-39,41,43-65,67-68,70-74H2,1-6H3,(H-,79,81,83,84)/b22-19-,30-28-,36-34-,42-40-,69-66+. The van der Waals surface area contributed by atoms with Crippen LogP contribution in [-0.4, -0.2) is 69.4 Å². The first-order chi connectivity index (χ1) is 42.9. The van der Waals surface area contributed by atoms with Crippen LogP contribution >= 0.6 is 7.82 Å². The van der Waals surface area contributed by atoms with Crippen LogP contribution in [0.3, 0.4) is 0 Å². The van der Waals surface area contributed by atoms with E-state index in [1.54, 1.807) is 0 Å². The number of quaternary nitrogens is 1. The van der Waals surface area contributed by atoms with Crippen molar-refractivity contribution in [1.82, 2.24) is 5.32 Å². The monoisotopic (exact) mass is 1260 g/mol. The van der Waals surface area contributed by atoms with E-state index in [4.69, 9.17) is 13.8 Å². The number of rotatable bonds is 70. The van der Waals surface area contributed by atoms with E-state index in [0.717, 1.165) is 89.9 Å². The van der Waals surface area contributed by atoms with Crippen LogP contribution in [0, 0.1) is 0 Å². The highest BCUT2D eigenvalue weighted by Gasteiger charge is 2.27. The predicted octanol–water partition coefficient (Wildman–Crippen LogP) is 23.9. The minimum Gasteiger partial charge on any atom is -0.756 e. The van der Waals surface area contributed by atoms with Gasteiger partial charge in [-0.05, 0) is 76.7 Å². The van der Waals surface area contributed by atoms with Crippen LogP contribution in [0.25, 0.3) is 0 Å². The molecule has 88 heavy (non-hydrogen) atoms. The molecule has 0 radical (unpaired) electrons. The van der Waals surface area contributed by atoms with Gasteiger partial charge in [-0.25, -0.2) is 0 Å². The van der Waals surface area contributed by atoms with Crippen molar-refractivity contribution in [3.63, 3.8) is 0 Å². The number of hydrogen-bond donors (Lipinski definition) is 1. The molecule has 0 aliphatic carbocycles. The predicted molar refractivity (Wildman–Crippen MR) is 381 cm³/mol. The molecule has 3 atom stereocenters. The van der Waals surface area contributed by atoms with Crippen molar-refractivity contribution in [2.45, 2.75) is 386 Å². The number of carbonyl (C=O) groups is 2. The molecular weight excluding hydrogens is 1110 g/mol. The van der Waals surface area contributed by atoms with Gasteiger partial charge in [0.1, 0.15) is 19.3 Å². The Morgan fingerprint density at radius 1 is 0.398 bits per heavy atom. The Hall–Kier alpha value is -2.29. The van der Waals surface area contributed by atoms with Gasteiger partial charge in [-0.15, -0.1) is 0 Å².